The van der Waals surface area contributed by atoms with Gasteiger partial charge in [-0.15, -0.1) is 5.10 Å². The number of carbonyl (C=O) groups excluding carboxylic acids is 2. The Bertz CT molecular complexity index is 1810. The predicted molar refractivity (Wildman–Crippen MR) is 157 cm³/mol. The average Bonchev–Trinajstić information content (AvgIpc) is 3.66. The molecule has 0 spiro atoms. The van der Waals surface area contributed by atoms with Crippen LogP contribution < -0.4 is 84.8 Å². The van der Waals surface area contributed by atoms with Crippen molar-refractivity contribution in [3.05, 3.63) is 76.2 Å². The van der Waals surface area contributed by atoms with Crippen LogP contribution in [0, 0.1) is 0 Å². The third-order valence-electron chi connectivity index (χ3n) is 6.69. The number of hydrogen-bond donors (Lipinski definition) is 2. The van der Waals surface area contributed by atoms with Gasteiger partial charge in [0.05, 0.1) is 23.1 Å². The van der Waals surface area contributed by atoms with Crippen molar-refractivity contribution in [1.82, 2.24) is 34.9 Å². The summed E-state index contributed by atoms with van der Waals surface area (Å²) in [5.74, 6) is -3.79. The number of aromatic nitrogens is 7. The molecule has 2 N–H and O–H groups in total. The van der Waals surface area contributed by atoms with E-state index in [9.17, 15) is 29.7 Å². The molecule has 48 heavy (non-hydrogen) atoms. The minimum Gasteiger partial charge on any atom is -0.857 e. The molecule has 0 saturated carbocycles. The molecule has 0 aliphatic rings. The van der Waals surface area contributed by atoms with Gasteiger partial charge in [0.25, 0.3) is 0 Å². The monoisotopic (exact) mass is 677 g/mol. The number of esters is 1. The van der Waals surface area contributed by atoms with Crippen LogP contribution in [-0.4, -0.2) is 64.7 Å². The van der Waals surface area contributed by atoms with Crippen LogP contribution in [-0.2, 0) is 31.0 Å². The number of carboxylic acids is 2. The maximum absolute atomic E-state index is 12.9. The molecule has 0 radical (unpaired) electrons. The van der Waals surface area contributed by atoms with E-state index in [0.717, 1.165) is 15.9 Å². The van der Waals surface area contributed by atoms with E-state index >= 15 is 0 Å². The van der Waals surface area contributed by atoms with Crippen LogP contribution in [0.2, 0.25) is 0 Å². The Morgan fingerprint density at radius 2 is 1.79 bits per heavy atom. The van der Waals surface area contributed by atoms with E-state index in [1.807, 2.05) is 51.1 Å². The number of aryl methyl sites for hydroxylation is 1. The Morgan fingerprint density at radius 3 is 2.46 bits per heavy atom. The summed E-state index contributed by atoms with van der Waals surface area (Å²) >= 11 is 0. The van der Waals surface area contributed by atoms with Crippen molar-refractivity contribution < 1.29 is 98.3 Å². The average molecular weight is 678 g/mol. The SMILES string of the molecule is CC(C)(C)c1[nH]cnc1/C=c1\nc([O-])/c(=C/c2ccccc2)nc1OCOC(=O)CCCc1cn([C@H](CCC(=O)[O-])C(=O)O)nn1.[Na+].[Na+]. The third kappa shape index (κ3) is 11.8. The summed E-state index contributed by atoms with van der Waals surface area (Å²) < 4.78 is 12.0. The van der Waals surface area contributed by atoms with Crippen molar-refractivity contribution >= 4 is 30.1 Å². The van der Waals surface area contributed by atoms with E-state index in [0.29, 0.717) is 17.8 Å². The molecule has 1 atom stereocenters. The first-order valence-electron chi connectivity index (χ1n) is 14.4. The Balaban J connectivity index is 0.00000400. The summed E-state index contributed by atoms with van der Waals surface area (Å²) in [5, 5.41) is 40.8. The van der Waals surface area contributed by atoms with Gasteiger partial charge in [-0.3, -0.25) is 9.78 Å². The second-order valence-corrected chi connectivity index (χ2v) is 11.3. The number of ether oxygens (including phenoxy) is 2. The zero-order valence-electron chi connectivity index (χ0n) is 27.5. The topological polar surface area (TPSA) is 221 Å². The smallest absolute Gasteiger partial charge is 0.857 e. The Hall–Kier alpha value is -3.60. The minimum atomic E-state index is -1.36. The molecule has 3 heterocycles. The first-order valence-corrected chi connectivity index (χ1v) is 14.4. The van der Waals surface area contributed by atoms with E-state index < -0.39 is 43.0 Å². The third-order valence-corrected chi connectivity index (χ3v) is 6.69. The largest absolute Gasteiger partial charge is 1.00 e. The number of nitrogens with one attached hydrogen (secondary N) is 1. The summed E-state index contributed by atoms with van der Waals surface area (Å²) in [4.78, 5) is 50.7. The number of rotatable bonds is 14. The number of carboxylic acid groups (broad SMARTS) is 2. The molecular weight excluding hydrogens is 644 g/mol. The number of imidazole rings is 1. The number of hydrogen-bond acceptors (Lipinski definition) is 12. The second kappa shape index (κ2) is 18.8. The quantitative estimate of drug-likeness (QED) is 0.0722. The Morgan fingerprint density at radius 1 is 1.06 bits per heavy atom. The number of carbonyl (C=O) groups is 3. The van der Waals surface area contributed by atoms with Crippen LogP contribution in [0.1, 0.15) is 75.1 Å². The van der Waals surface area contributed by atoms with Crippen LogP contribution in [0.15, 0.2) is 42.9 Å². The summed E-state index contributed by atoms with van der Waals surface area (Å²) in [6.07, 6.45) is 6.02. The minimum absolute atomic E-state index is 0. The molecule has 0 bridgehead atoms. The van der Waals surface area contributed by atoms with Crippen molar-refractivity contribution in [2.75, 3.05) is 6.79 Å². The van der Waals surface area contributed by atoms with Gasteiger partial charge in [0, 0.05) is 35.6 Å². The summed E-state index contributed by atoms with van der Waals surface area (Å²) in [6.45, 7) is 5.52. The zero-order valence-corrected chi connectivity index (χ0v) is 31.5. The first kappa shape index (κ1) is 40.6. The second-order valence-electron chi connectivity index (χ2n) is 11.3. The summed E-state index contributed by atoms with van der Waals surface area (Å²) in [7, 11) is 0. The van der Waals surface area contributed by atoms with Crippen molar-refractivity contribution in [1.29, 1.82) is 0 Å². The molecule has 0 fully saturated rings. The number of benzene rings is 1. The van der Waals surface area contributed by atoms with E-state index in [-0.39, 0.29) is 100 Å². The fourth-order valence-electron chi connectivity index (χ4n) is 4.42. The maximum Gasteiger partial charge on any atom is 1.00 e. The summed E-state index contributed by atoms with van der Waals surface area (Å²) in [6, 6.07) is 7.91. The van der Waals surface area contributed by atoms with Crippen molar-refractivity contribution in [3.8, 4) is 11.8 Å². The van der Waals surface area contributed by atoms with Crippen LogP contribution in [0.5, 0.6) is 11.8 Å². The van der Waals surface area contributed by atoms with Crippen molar-refractivity contribution in [2.24, 2.45) is 0 Å². The van der Waals surface area contributed by atoms with E-state index in [4.69, 9.17) is 9.47 Å². The molecule has 15 nitrogen and oxygen atoms in total. The van der Waals surface area contributed by atoms with Crippen LogP contribution in [0.3, 0.4) is 0 Å². The molecule has 0 saturated heterocycles. The van der Waals surface area contributed by atoms with Crippen LogP contribution >= 0.6 is 0 Å². The molecule has 4 rings (SSSR count). The molecule has 4 aromatic rings. The Kier molecular flexibility index (Phi) is 15.9. The number of H-pyrrole nitrogens is 1. The molecule has 0 aliphatic carbocycles. The fraction of sp³-hybridized carbons (Fsp3) is 0.355. The van der Waals surface area contributed by atoms with Gasteiger partial charge >= 0.3 is 71.1 Å². The fourth-order valence-corrected chi connectivity index (χ4v) is 4.42. The van der Waals surface area contributed by atoms with Gasteiger partial charge in [0.1, 0.15) is 5.35 Å². The molecule has 242 valence electrons. The van der Waals surface area contributed by atoms with Crippen molar-refractivity contribution in [2.45, 2.75) is 64.3 Å². The van der Waals surface area contributed by atoms with E-state index in [1.54, 1.807) is 18.5 Å². The number of aliphatic carboxylic acids is 2. The van der Waals surface area contributed by atoms with Gasteiger partial charge in [0.2, 0.25) is 12.7 Å². The normalized spacial score (nSPS) is 12.5. The van der Waals surface area contributed by atoms with E-state index in [1.165, 1.54) is 6.20 Å². The molecule has 17 heteroatoms. The van der Waals surface area contributed by atoms with Gasteiger partial charge in [0.15, 0.2) is 6.04 Å². The molecular formula is C31H33N7Na2O8. The Labute approximate surface area is 320 Å². The zero-order chi connectivity index (χ0) is 33.3. The van der Waals surface area contributed by atoms with E-state index in [2.05, 4.69) is 30.2 Å². The maximum atomic E-state index is 12.9. The molecule has 0 amide bonds. The predicted octanol–water partition coefficient (Wildman–Crippen LogP) is -6.11. The summed E-state index contributed by atoms with van der Waals surface area (Å²) in [5.41, 5.74) is 2.25. The van der Waals surface area contributed by atoms with Gasteiger partial charge in [-0.05, 0) is 43.4 Å². The number of nitrogens with zero attached hydrogens (tertiary/aromatic N) is 6. The van der Waals surface area contributed by atoms with Crippen molar-refractivity contribution in [3.63, 3.8) is 0 Å². The molecule has 3 aromatic heterocycles. The standard InChI is InChI=1S/C31H35N7O8.2Na/c1-31(2,3)27-21(32-17-33-27)15-23-29(35-22(28(42)34-23)14-19-8-5-4-6-9-19)46-18-45-26(41)11-7-10-20-16-38(37-36-20)24(30(43)44)12-13-25(39)40;;/h4-6,8-9,14-17,24H,7,10-13,18H2,1-3H3,(H,32,33)(H,34,42)(H,39,40)(H,43,44);;/q;2*+1/p-2/b22-14-,23-15-;;/t24-;;/m1../s1. The molecule has 0 aliphatic heterocycles. The van der Waals surface area contributed by atoms with Gasteiger partial charge in [-0.25, -0.2) is 19.4 Å². The van der Waals surface area contributed by atoms with Crippen LogP contribution in [0.4, 0.5) is 0 Å². The first-order chi connectivity index (χ1) is 21.9. The van der Waals surface area contributed by atoms with Gasteiger partial charge in [-0.2, -0.15) is 0 Å². The van der Waals surface area contributed by atoms with Gasteiger partial charge in [-0.1, -0.05) is 56.3 Å². The molecule has 0 unspecified atom stereocenters. The number of aromatic amines is 1. The van der Waals surface area contributed by atoms with Gasteiger partial charge < -0.3 is 34.6 Å². The van der Waals surface area contributed by atoms with Crippen LogP contribution in [0.25, 0.3) is 12.2 Å². The molecule has 1 aromatic carbocycles.